The van der Waals surface area contributed by atoms with Crippen molar-refractivity contribution in [2.24, 2.45) is 0 Å². The molecular weight excluding hydrogens is 665 g/mol. The van der Waals surface area contributed by atoms with Crippen molar-refractivity contribution in [2.45, 2.75) is 57.6 Å². The van der Waals surface area contributed by atoms with Crippen molar-refractivity contribution in [3.63, 3.8) is 0 Å². The van der Waals surface area contributed by atoms with Gasteiger partial charge >= 0.3 is 0 Å². The first-order valence-electron chi connectivity index (χ1n) is 13.2. The molecule has 3 aromatic rings. The van der Waals surface area contributed by atoms with E-state index in [1.807, 2.05) is 27.7 Å². The van der Waals surface area contributed by atoms with Gasteiger partial charge in [0.25, 0.3) is 10.0 Å². The van der Waals surface area contributed by atoms with E-state index in [1.54, 1.807) is 61.5 Å². The summed E-state index contributed by atoms with van der Waals surface area (Å²) in [4.78, 5) is 28.6. The number of halogens is 3. The molecule has 12 heteroatoms. The highest BCUT2D eigenvalue weighted by Crippen LogP contribution is 2.28. The number of ether oxygens (including phenoxy) is 1. The van der Waals surface area contributed by atoms with Gasteiger partial charge in [-0.05, 0) is 101 Å². The lowest BCUT2D eigenvalue weighted by Gasteiger charge is -2.33. The van der Waals surface area contributed by atoms with Crippen LogP contribution in [0.5, 0.6) is 5.75 Å². The summed E-state index contributed by atoms with van der Waals surface area (Å²) in [5.74, 6) is -0.448. The van der Waals surface area contributed by atoms with Crippen LogP contribution in [-0.2, 0) is 26.2 Å². The molecule has 0 aromatic heterocycles. The molecule has 0 aliphatic rings. The quantitative estimate of drug-likeness (QED) is 0.241. The van der Waals surface area contributed by atoms with Gasteiger partial charge in [0.1, 0.15) is 18.3 Å². The molecule has 0 saturated heterocycles. The summed E-state index contributed by atoms with van der Waals surface area (Å²) in [6.07, 6.45) is 0. The highest BCUT2D eigenvalue weighted by Gasteiger charge is 2.33. The monoisotopic (exact) mass is 697 g/mol. The first kappa shape index (κ1) is 33.7. The Kier molecular flexibility index (Phi) is 11.3. The topological polar surface area (TPSA) is 96.0 Å². The zero-order valence-corrected chi connectivity index (χ0v) is 27.9. The third-order valence-corrected chi connectivity index (χ3v) is 9.04. The number of hydrogen-bond donors (Lipinski definition) is 1. The Bertz CT molecular complexity index is 1510. The smallest absolute Gasteiger partial charge is 0.264 e. The average molecular weight is 699 g/mol. The van der Waals surface area contributed by atoms with E-state index in [0.29, 0.717) is 32.4 Å². The van der Waals surface area contributed by atoms with Crippen LogP contribution in [-0.4, -0.2) is 49.9 Å². The summed E-state index contributed by atoms with van der Waals surface area (Å²) in [5.41, 5.74) is 0.247. The fraction of sp³-hybridized carbons (Fsp3) is 0.333. The van der Waals surface area contributed by atoms with Crippen molar-refractivity contribution in [3.8, 4) is 5.75 Å². The standard InChI is InChI=1S/C30H34BrCl2N3O5S/c1-6-41-25-13-11-24(12-14-25)36(42(39,40)26-15-8-22(31)9-16-26)19-28(37)35(20(2)29(38)34-30(3,4)5)18-21-7-10-23(32)17-27(21)33/h7-17,20H,6,18-19H2,1-5H3,(H,34,38)/t20-/m0/s1. The van der Waals surface area contributed by atoms with E-state index in [0.717, 1.165) is 4.31 Å². The lowest BCUT2D eigenvalue weighted by Crippen LogP contribution is -2.54. The molecule has 3 aromatic carbocycles. The largest absolute Gasteiger partial charge is 0.494 e. The van der Waals surface area contributed by atoms with E-state index in [1.165, 1.54) is 17.0 Å². The van der Waals surface area contributed by atoms with E-state index >= 15 is 0 Å². The number of benzene rings is 3. The Hall–Kier alpha value is -2.79. The van der Waals surface area contributed by atoms with Gasteiger partial charge in [0.05, 0.1) is 17.2 Å². The summed E-state index contributed by atoms with van der Waals surface area (Å²) in [7, 11) is -4.21. The summed E-state index contributed by atoms with van der Waals surface area (Å²) in [6, 6.07) is 16.4. The van der Waals surface area contributed by atoms with Crippen molar-refractivity contribution in [2.75, 3.05) is 17.5 Å². The third kappa shape index (κ3) is 8.86. The van der Waals surface area contributed by atoms with Gasteiger partial charge in [-0.15, -0.1) is 0 Å². The predicted molar refractivity (Wildman–Crippen MR) is 171 cm³/mol. The molecule has 0 spiro atoms. The number of sulfonamides is 1. The van der Waals surface area contributed by atoms with Crippen LogP contribution in [0.4, 0.5) is 5.69 Å². The molecule has 0 fully saturated rings. The highest BCUT2D eigenvalue weighted by molar-refractivity contribution is 9.10. The molecule has 3 rings (SSSR count). The maximum atomic E-state index is 14.1. The zero-order valence-electron chi connectivity index (χ0n) is 24.0. The Labute approximate surface area is 266 Å². The maximum Gasteiger partial charge on any atom is 0.264 e. The van der Waals surface area contributed by atoms with Crippen LogP contribution in [0.1, 0.15) is 40.2 Å². The van der Waals surface area contributed by atoms with Gasteiger partial charge in [0.2, 0.25) is 11.8 Å². The minimum Gasteiger partial charge on any atom is -0.494 e. The molecule has 2 amide bonds. The molecule has 42 heavy (non-hydrogen) atoms. The van der Waals surface area contributed by atoms with Crippen molar-refractivity contribution < 1.29 is 22.7 Å². The van der Waals surface area contributed by atoms with Crippen LogP contribution >= 0.6 is 39.1 Å². The second-order valence-electron chi connectivity index (χ2n) is 10.6. The van der Waals surface area contributed by atoms with Gasteiger partial charge in [0.15, 0.2) is 0 Å². The Morgan fingerprint density at radius 2 is 1.62 bits per heavy atom. The van der Waals surface area contributed by atoms with Gasteiger partial charge in [-0.25, -0.2) is 8.42 Å². The number of carbonyl (C=O) groups excluding carboxylic acids is 2. The summed E-state index contributed by atoms with van der Waals surface area (Å²) >= 11 is 15.8. The van der Waals surface area contributed by atoms with Crippen molar-refractivity contribution in [1.82, 2.24) is 10.2 Å². The van der Waals surface area contributed by atoms with Crippen molar-refractivity contribution in [3.05, 3.63) is 86.8 Å². The van der Waals surface area contributed by atoms with Crippen LogP contribution in [0.2, 0.25) is 10.0 Å². The molecule has 0 bridgehead atoms. The normalized spacial score (nSPS) is 12.4. The fourth-order valence-corrected chi connectivity index (χ4v) is 6.17. The highest BCUT2D eigenvalue weighted by atomic mass is 79.9. The van der Waals surface area contributed by atoms with Crippen LogP contribution in [0.15, 0.2) is 76.1 Å². The molecule has 0 aliphatic carbocycles. The van der Waals surface area contributed by atoms with Crippen molar-refractivity contribution in [1.29, 1.82) is 0 Å². The summed E-state index contributed by atoms with van der Waals surface area (Å²) < 4.78 is 35.1. The minimum atomic E-state index is -4.21. The lowest BCUT2D eigenvalue weighted by molar-refractivity contribution is -0.140. The number of nitrogens with one attached hydrogen (secondary N) is 1. The molecule has 1 N–H and O–H groups in total. The van der Waals surface area contributed by atoms with Crippen LogP contribution in [0, 0.1) is 0 Å². The first-order valence-corrected chi connectivity index (χ1v) is 16.2. The second kappa shape index (κ2) is 14.1. The van der Waals surface area contributed by atoms with E-state index < -0.39 is 40.0 Å². The third-order valence-electron chi connectivity index (χ3n) is 6.14. The van der Waals surface area contributed by atoms with E-state index in [4.69, 9.17) is 27.9 Å². The number of anilines is 1. The summed E-state index contributed by atoms with van der Waals surface area (Å²) in [5, 5.41) is 3.62. The Balaban J connectivity index is 2.06. The molecule has 0 saturated carbocycles. The number of hydrogen-bond acceptors (Lipinski definition) is 5. The maximum absolute atomic E-state index is 14.1. The fourth-order valence-electron chi connectivity index (χ4n) is 4.03. The van der Waals surface area contributed by atoms with Crippen LogP contribution in [0.3, 0.4) is 0 Å². The molecule has 1 atom stereocenters. The van der Waals surface area contributed by atoms with Gasteiger partial charge in [0, 0.05) is 26.6 Å². The number of rotatable bonds is 11. The minimum absolute atomic E-state index is 0.00166. The molecule has 0 heterocycles. The molecule has 226 valence electrons. The van der Waals surface area contributed by atoms with Crippen LogP contribution in [0.25, 0.3) is 0 Å². The Morgan fingerprint density at radius 3 is 2.17 bits per heavy atom. The second-order valence-corrected chi connectivity index (χ2v) is 14.2. The Morgan fingerprint density at radius 1 is 1.00 bits per heavy atom. The molecule has 0 radical (unpaired) electrons. The number of amides is 2. The summed E-state index contributed by atoms with van der Waals surface area (Å²) in [6.45, 7) is 8.74. The van der Waals surface area contributed by atoms with Gasteiger partial charge in [-0.2, -0.15) is 0 Å². The molecular formula is C30H34BrCl2N3O5S. The number of nitrogens with zero attached hydrogens (tertiary/aromatic N) is 2. The molecule has 0 aliphatic heterocycles. The van der Waals surface area contributed by atoms with Gasteiger partial charge in [-0.1, -0.05) is 45.2 Å². The van der Waals surface area contributed by atoms with E-state index in [2.05, 4.69) is 21.2 Å². The van der Waals surface area contributed by atoms with Gasteiger partial charge in [-0.3, -0.25) is 13.9 Å². The zero-order chi connectivity index (χ0) is 31.2. The van der Waals surface area contributed by atoms with E-state index in [-0.39, 0.29) is 17.1 Å². The number of carbonyl (C=O) groups is 2. The van der Waals surface area contributed by atoms with Crippen molar-refractivity contribution >= 4 is 66.7 Å². The molecule has 0 unspecified atom stereocenters. The molecule has 8 nitrogen and oxygen atoms in total. The first-order chi connectivity index (χ1) is 19.6. The predicted octanol–water partition coefficient (Wildman–Crippen LogP) is 6.68. The SMILES string of the molecule is CCOc1ccc(N(CC(=O)N(Cc2ccc(Cl)cc2Cl)[C@@H](C)C(=O)NC(C)(C)C)S(=O)(=O)c2ccc(Br)cc2)cc1. The van der Waals surface area contributed by atoms with Gasteiger partial charge < -0.3 is 15.0 Å². The lowest BCUT2D eigenvalue weighted by atomic mass is 10.1. The van der Waals surface area contributed by atoms with Crippen LogP contribution < -0.4 is 14.4 Å². The average Bonchev–Trinajstić information content (AvgIpc) is 2.91. The van der Waals surface area contributed by atoms with E-state index in [9.17, 15) is 18.0 Å².